The van der Waals surface area contributed by atoms with Gasteiger partial charge in [0.2, 0.25) is 5.79 Å². The summed E-state index contributed by atoms with van der Waals surface area (Å²) in [6.45, 7) is 11.6. The minimum Gasteiger partial charge on any atom is -0.394 e. The molecule has 0 bridgehead atoms. The molecule has 11 heteroatoms. The Hall–Kier alpha value is -1.15. The van der Waals surface area contributed by atoms with E-state index >= 15 is 0 Å². The molecule has 3 N–H and O–H groups in total. The molecule has 0 aromatic rings. The van der Waals surface area contributed by atoms with E-state index in [1.54, 1.807) is 7.11 Å². The zero-order valence-corrected chi connectivity index (χ0v) is 22.4. The first-order valence-electron chi connectivity index (χ1n) is 12.4. The largest absolute Gasteiger partial charge is 0.394 e. The minimum atomic E-state index is -1.65. The number of methoxy groups -OCH3 is 3. The topological polar surface area (TPSA) is 134 Å². The number of aliphatic hydroxyl groups excluding tert-OH is 2. The van der Waals surface area contributed by atoms with Crippen LogP contribution in [0.15, 0.2) is 12.2 Å². The van der Waals surface area contributed by atoms with Gasteiger partial charge in [0.25, 0.3) is 5.91 Å². The molecule has 0 aromatic carbocycles. The molecule has 36 heavy (non-hydrogen) atoms. The van der Waals surface area contributed by atoms with Gasteiger partial charge < -0.3 is 48.7 Å². The molecule has 0 aliphatic carbocycles. The van der Waals surface area contributed by atoms with Gasteiger partial charge in [-0.15, -0.1) is 0 Å². The Kier molecular flexibility index (Phi) is 9.57. The van der Waals surface area contributed by atoms with Crippen LogP contribution in [0, 0.1) is 11.3 Å². The number of nitrogens with one attached hydrogen (secondary N) is 1. The highest BCUT2D eigenvalue weighted by Gasteiger charge is 2.57. The molecule has 3 aliphatic heterocycles. The molecule has 0 saturated carbocycles. The highest BCUT2D eigenvalue weighted by Crippen LogP contribution is 2.44. The van der Waals surface area contributed by atoms with Crippen molar-refractivity contribution in [2.75, 3.05) is 34.7 Å². The fraction of sp³-hybridized carbons (Fsp3) is 0.880. The van der Waals surface area contributed by atoms with Crippen molar-refractivity contribution in [3.05, 3.63) is 12.2 Å². The molecule has 3 saturated heterocycles. The van der Waals surface area contributed by atoms with Crippen LogP contribution in [-0.4, -0.2) is 106 Å². The first kappa shape index (κ1) is 29.4. The molecule has 3 aliphatic rings. The first-order valence-corrected chi connectivity index (χ1v) is 12.4. The molecule has 1 amide bonds. The van der Waals surface area contributed by atoms with Crippen molar-refractivity contribution < 1.29 is 48.2 Å². The van der Waals surface area contributed by atoms with Crippen LogP contribution in [0.1, 0.15) is 40.5 Å². The Labute approximate surface area is 213 Å². The molecule has 11 nitrogen and oxygen atoms in total. The van der Waals surface area contributed by atoms with Crippen LogP contribution < -0.4 is 5.32 Å². The van der Waals surface area contributed by atoms with Crippen molar-refractivity contribution in [1.29, 1.82) is 0 Å². The quantitative estimate of drug-likeness (QED) is 0.376. The van der Waals surface area contributed by atoms with E-state index in [1.165, 1.54) is 14.2 Å². The maximum Gasteiger partial charge on any atom is 0.256 e. The maximum atomic E-state index is 13.3. The average Bonchev–Trinajstić information content (AvgIpc) is 2.85. The SMILES string of the molecule is C=C1C[C@](OC)([C@H](O)C(=O)N[C@H]2OCO[C@H]3[C@@H]2O[C@H](C[C@@H](CO)OC)C(C)(C)[C@@H]3OC)O[C@H](C)[C@@H]1C. The van der Waals surface area contributed by atoms with Crippen LogP contribution in [-0.2, 0) is 38.0 Å². The fourth-order valence-electron chi connectivity index (χ4n) is 5.42. The van der Waals surface area contributed by atoms with E-state index < -0.39 is 60.0 Å². The number of carbonyl (C=O) groups excluding carboxylic acids is 1. The Morgan fingerprint density at radius 3 is 2.47 bits per heavy atom. The minimum absolute atomic E-state index is 0.0554. The number of carbonyl (C=O) groups is 1. The summed E-state index contributed by atoms with van der Waals surface area (Å²) in [4.78, 5) is 13.3. The zero-order valence-electron chi connectivity index (χ0n) is 22.4. The molecule has 208 valence electrons. The Balaban J connectivity index is 1.80. The van der Waals surface area contributed by atoms with Crippen molar-refractivity contribution in [2.45, 2.75) is 95.3 Å². The number of fused-ring (bicyclic) bond motifs is 1. The monoisotopic (exact) mass is 517 g/mol. The predicted molar refractivity (Wildman–Crippen MR) is 128 cm³/mol. The van der Waals surface area contributed by atoms with Crippen molar-refractivity contribution in [1.82, 2.24) is 5.32 Å². The van der Waals surface area contributed by atoms with Gasteiger partial charge in [0, 0.05) is 45.5 Å². The Morgan fingerprint density at radius 1 is 1.22 bits per heavy atom. The summed E-state index contributed by atoms with van der Waals surface area (Å²) in [5.74, 6) is -2.25. The third-order valence-corrected chi connectivity index (χ3v) is 8.08. The molecule has 0 radical (unpaired) electrons. The Bertz CT molecular complexity index is 774. The lowest BCUT2D eigenvalue weighted by Gasteiger charge is -2.54. The second kappa shape index (κ2) is 11.7. The van der Waals surface area contributed by atoms with Crippen LogP contribution in [0.3, 0.4) is 0 Å². The number of hydrogen-bond donors (Lipinski definition) is 3. The van der Waals surface area contributed by atoms with Gasteiger partial charge in [0.05, 0.1) is 31.0 Å². The van der Waals surface area contributed by atoms with E-state index in [9.17, 15) is 15.0 Å². The number of ether oxygens (including phenoxy) is 7. The lowest BCUT2D eigenvalue weighted by Crippen LogP contribution is -2.69. The maximum absolute atomic E-state index is 13.3. The predicted octanol–water partition coefficient (Wildman–Crippen LogP) is 0.712. The van der Waals surface area contributed by atoms with Gasteiger partial charge in [0.15, 0.2) is 12.3 Å². The standard InChI is InChI=1S/C25H43NO10/c1-13-10-25(32-8,36-15(3)14(13)2)20(28)22(29)26-23-19-18(33-12-34-23)21(31-7)24(4,5)17(35-19)9-16(11-27)30-6/h14-21,23,27-28H,1,9-12H2,2-8H3,(H,26,29)/t14-,15-,16+,17-,18+,19+,20-,21-,23+,25-/m1/s1. The summed E-state index contributed by atoms with van der Waals surface area (Å²) >= 11 is 0. The number of amides is 1. The van der Waals surface area contributed by atoms with Gasteiger partial charge >= 0.3 is 0 Å². The number of rotatable bonds is 9. The van der Waals surface area contributed by atoms with Crippen LogP contribution in [0.5, 0.6) is 0 Å². The molecule has 0 aromatic heterocycles. The zero-order chi connectivity index (χ0) is 26.8. The summed E-state index contributed by atoms with van der Waals surface area (Å²) < 4.78 is 40.7. The summed E-state index contributed by atoms with van der Waals surface area (Å²) in [6.07, 6.45) is -4.86. The van der Waals surface area contributed by atoms with E-state index in [1.807, 2.05) is 27.7 Å². The highest BCUT2D eigenvalue weighted by molar-refractivity contribution is 5.82. The summed E-state index contributed by atoms with van der Waals surface area (Å²) in [5, 5.41) is 23.5. The molecule has 3 fully saturated rings. The van der Waals surface area contributed by atoms with E-state index in [0.717, 1.165) is 5.57 Å². The van der Waals surface area contributed by atoms with Crippen LogP contribution in [0.4, 0.5) is 0 Å². The van der Waals surface area contributed by atoms with E-state index in [-0.39, 0.29) is 31.8 Å². The lowest BCUT2D eigenvalue weighted by molar-refractivity contribution is -0.333. The van der Waals surface area contributed by atoms with Crippen LogP contribution in [0.25, 0.3) is 0 Å². The van der Waals surface area contributed by atoms with Gasteiger partial charge in [-0.3, -0.25) is 4.79 Å². The van der Waals surface area contributed by atoms with Crippen molar-refractivity contribution in [3.63, 3.8) is 0 Å². The van der Waals surface area contributed by atoms with Gasteiger partial charge in [0.1, 0.15) is 19.0 Å². The summed E-state index contributed by atoms with van der Waals surface area (Å²) in [7, 11) is 4.51. The number of hydrogen-bond acceptors (Lipinski definition) is 10. The highest BCUT2D eigenvalue weighted by atomic mass is 16.7. The van der Waals surface area contributed by atoms with E-state index in [2.05, 4.69) is 11.9 Å². The third-order valence-electron chi connectivity index (χ3n) is 8.08. The molecular formula is C25H43NO10. The van der Waals surface area contributed by atoms with Crippen molar-refractivity contribution >= 4 is 5.91 Å². The van der Waals surface area contributed by atoms with Crippen LogP contribution in [0.2, 0.25) is 0 Å². The Morgan fingerprint density at radius 2 is 1.92 bits per heavy atom. The molecule has 3 heterocycles. The van der Waals surface area contributed by atoms with Crippen LogP contribution >= 0.6 is 0 Å². The van der Waals surface area contributed by atoms with Gasteiger partial charge in [-0.05, 0) is 6.92 Å². The second-order valence-electron chi connectivity index (χ2n) is 10.6. The van der Waals surface area contributed by atoms with Crippen molar-refractivity contribution in [2.24, 2.45) is 11.3 Å². The molecular weight excluding hydrogens is 474 g/mol. The van der Waals surface area contributed by atoms with Gasteiger partial charge in [-0.25, -0.2) is 0 Å². The van der Waals surface area contributed by atoms with Crippen molar-refractivity contribution in [3.8, 4) is 0 Å². The average molecular weight is 518 g/mol. The number of aliphatic hydroxyl groups is 2. The molecule has 3 rings (SSSR count). The normalized spacial score (nSPS) is 40.2. The first-order chi connectivity index (χ1) is 16.9. The van der Waals surface area contributed by atoms with Gasteiger partial charge in [-0.1, -0.05) is 32.9 Å². The smallest absolute Gasteiger partial charge is 0.256 e. The third kappa shape index (κ3) is 5.50. The van der Waals surface area contributed by atoms with E-state index in [0.29, 0.717) is 6.42 Å². The fourth-order valence-corrected chi connectivity index (χ4v) is 5.42. The summed E-state index contributed by atoms with van der Waals surface area (Å²) in [6, 6.07) is 0. The lowest BCUT2D eigenvalue weighted by atomic mass is 9.72. The molecule has 0 spiro atoms. The molecule has 10 atom stereocenters. The van der Waals surface area contributed by atoms with E-state index in [4.69, 9.17) is 33.2 Å². The molecule has 0 unspecified atom stereocenters. The second-order valence-corrected chi connectivity index (χ2v) is 10.6. The summed E-state index contributed by atoms with van der Waals surface area (Å²) in [5.41, 5.74) is 0.321. The van der Waals surface area contributed by atoms with Gasteiger partial charge in [-0.2, -0.15) is 0 Å².